The Morgan fingerprint density at radius 3 is 2.79 bits per heavy atom. The molecule has 0 spiro atoms. The first kappa shape index (κ1) is 16.6. The standard InChI is InChI=1S/C18H15ClN2O2S/c1-11-4-2-3-5-12(11)10-23-15-7-6-14(19)8-13(15)9-16-17(22)21-18(20)24-16/h2-9H,10H2,1H3,(H2,20,21,22)/b16-9-. The summed E-state index contributed by atoms with van der Waals surface area (Å²) in [6.07, 6.45) is 1.70. The lowest BCUT2D eigenvalue weighted by molar-refractivity contribution is -0.115. The van der Waals surface area contributed by atoms with E-state index in [2.05, 4.69) is 5.32 Å². The number of hydrogen-bond acceptors (Lipinski definition) is 4. The topological polar surface area (TPSA) is 62.2 Å². The summed E-state index contributed by atoms with van der Waals surface area (Å²) in [5.74, 6) is 0.358. The predicted octanol–water partition coefficient (Wildman–Crippen LogP) is 4.37. The van der Waals surface area contributed by atoms with Crippen LogP contribution in [0, 0.1) is 12.3 Å². The maximum absolute atomic E-state index is 11.8. The monoisotopic (exact) mass is 358 g/mol. The smallest absolute Gasteiger partial charge is 0.264 e. The minimum Gasteiger partial charge on any atom is -0.488 e. The number of nitrogens with one attached hydrogen (secondary N) is 2. The summed E-state index contributed by atoms with van der Waals surface area (Å²) in [6, 6.07) is 13.3. The van der Waals surface area contributed by atoms with Crippen LogP contribution in [0.5, 0.6) is 5.75 Å². The Bertz CT molecular complexity index is 849. The number of thioether (sulfide) groups is 1. The van der Waals surface area contributed by atoms with Gasteiger partial charge in [0.1, 0.15) is 12.4 Å². The lowest BCUT2D eigenvalue weighted by atomic mass is 10.1. The third-order valence-corrected chi connectivity index (χ3v) is 4.63. The van der Waals surface area contributed by atoms with E-state index in [1.54, 1.807) is 24.3 Å². The second-order valence-corrected chi connectivity index (χ2v) is 6.78. The summed E-state index contributed by atoms with van der Waals surface area (Å²) in [6.45, 7) is 2.47. The number of carbonyl (C=O) groups excluding carboxylic acids is 1. The molecule has 0 aliphatic carbocycles. The van der Waals surface area contributed by atoms with Gasteiger partial charge < -0.3 is 10.1 Å². The molecule has 122 valence electrons. The summed E-state index contributed by atoms with van der Waals surface area (Å²) in [7, 11) is 0. The molecule has 2 aromatic rings. The number of aryl methyl sites for hydroxylation is 1. The lowest BCUT2D eigenvalue weighted by Gasteiger charge is -2.11. The molecule has 1 aliphatic heterocycles. The molecule has 1 saturated heterocycles. The Balaban J connectivity index is 1.86. The van der Waals surface area contributed by atoms with Crippen LogP contribution in [0.4, 0.5) is 0 Å². The zero-order valence-corrected chi connectivity index (χ0v) is 14.5. The molecule has 0 atom stereocenters. The van der Waals surface area contributed by atoms with Crippen LogP contribution in [0.2, 0.25) is 5.02 Å². The van der Waals surface area contributed by atoms with Crippen molar-refractivity contribution in [3.8, 4) is 5.75 Å². The fraction of sp³-hybridized carbons (Fsp3) is 0.111. The van der Waals surface area contributed by atoms with Crippen LogP contribution in [-0.2, 0) is 11.4 Å². The summed E-state index contributed by atoms with van der Waals surface area (Å²) < 4.78 is 5.93. The molecule has 4 nitrogen and oxygen atoms in total. The molecule has 2 N–H and O–H groups in total. The Kier molecular flexibility index (Phi) is 4.92. The number of rotatable bonds is 4. The molecule has 3 rings (SSSR count). The van der Waals surface area contributed by atoms with Gasteiger partial charge in [0.2, 0.25) is 0 Å². The third kappa shape index (κ3) is 3.80. The highest BCUT2D eigenvalue weighted by molar-refractivity contribution is 8.18. The molecule has 6 heteroatoms. The fourth-order valence-corrected chi connectivity index (χ4v) is 3.15. The maximum Gasteiger partial charge on any atom is 0.264 e. The molecular formula is C18H15ClN2O2S. The van der Waals surface area contributed by atoms with Gasteiger partial charge in [-0.05, 0) is 54.1 Å². The minimum atomic E-state index is -0.283. The zero-order chi connectivity index (χ0) is 17.1. The van der Waals surface area contributed by atoms with Crippen molar-refractivity contribution in [1.29, 1.82) is 5.41 Å². The van der Waals surface area contributed by atoms with E-state index in [-0.39, 0.29) is 11.1 Å². The molecular weight excluding hydrogens is 344 g/mol. The van der Waals surface area contributed by atoms with Gasteiger partial charge in [-0.15, -0.1) is 0 Å². The van der Waals surface area contributed by atoms with Crippen LogP contribution < -0.4 is 10.1 Å². The van der Waals surface area contributed by atoms with E-state index in [1.807, 2.05) is 31.2 Å². The van der Waals surface area contributed by atoms with Crippen LogP contribution in [0.15, 0.2) is 47.4 Å². The molecule has 1 heterocycles. The average molecular weight is 359 g/mol. The molecule has 1 fully saturated rings. The van der Waals surface area contributed by atoms with Crippen molar-refractivity contribution in [2.24, 2.45) is 0 Å². The molecule has 0 bridgehead atoms. The summed E-state index contributed by atoms with van der Waals surface area (Å²) in [5, 5.41) is 10.7. The van der Waals surface area contributed by atoms with E-state index < -0.39 is 0 Å². The number of halogens is 1. The van der Waals surface area contributed by atoms with Gasteiger partial charge in [-0.2, -0.15) is 0 Å². The van der Waals surface area contributed by atoms with Gasteiger partial charge in [-0.3, -0.25) is 10.2 Å². The third-order valence-electron chi connectivity index (χ3n) is 3.57. The average Bonchev–Trinajstić information content (AvgIpc) is 2.85. The highest BCUT2D eigenvalue weighted by Crippen LogP contribution is 2.31. The van der Waals surface area contributed by atoms with E-state index >= 15 is 0 Å². The van der Waals surface area contributed by atoms with Crippen molar-refractivity contribution in [1.82, 2.24) is 5.32 Å². The largest absolute Gasteiger partial charge is 0.488 e. The Hall–Kier alpha value is -2.24. The minimum absolute atomic E-state index is 0.121. The normalized spacial score (nSPS) is 15.7. The quantitative estimate of drug-likeness (QED) is 0.798. The molecule has 0 saturated carbocycles. The van der Waals surface area contributed by atoms with Crippen LogP contribution in [0.1, 0.15) is 16.7 Å². The first-order valence-corrected chi connectivity index (χ1v) is 8.48. The van der Waals surface area contributed by atoms with Crippen LogP contribution in [0.25, 0.3) is 6.08 Å². The predicted molar refractivity (Wildman–Crippen MR) is 98.4 cm³/mol. The van der Waals surface area contributed by atoms with Crippen molar-refractivity contribution in [2.75, 3.05) is 0 Å². The first-order valence-electron chi connectivity index (χ1n) is 7.29. The van der Waals surface area contributed by atoms with E-state index in [1.165, 1.54) is 0 Å². The van der Waals surface area contributed by atoms with E-state index in [4.69, 9.17) is 21.7 Å². The van der Waals surface area contributed by atoms with Crippen molar-refractivity contribution >= 4 is 40.5 Å². The zero-order valence-electron chi connectivity index (χ0n) is 12.9. The Morgan fingerprint density at radius 2 is 2.08 bits per heavy atom. The van der Waals surface area contributed by atoms with Gasteiger partial charge >= 0.3 is 0 Å². The molecule has 1 amide bonds. The van der Waals surface area contributed by atoms with Crippen LogP contribution in [0.3, 0.4) is 0 Å². The van der Waals surface area contributed by atoms with Crippen LogP contribution >= 0.6 is 23.4 Å². The van der Waals surface area contributed by atoms with Crippen molar-refractivity contribution in [2.45, 2.75) is 13.5 Å². The van der Waals surface area contributed by atoms with Crippen LogP contribution in [-0.4, -0.2) is 11.1 Å². The highest BCUT2D eigenvalue weighted by atomic mass is 35.5. The highest BCUT2D eigenvalue weighted by Gasteiger charge is 2.22. The molecule has 0 aromatic heterocycles. The second-order valence-electron chi connectivity index (χ2n) is 5.29. The van der Waals surface area contributed by atoms with Gasteiger partial charge in [0.05, 0.1) is 4.91 Å². The van der Waals surface area contributed by atoms with Crippen molar-refractivity contribution in [3.63, 3.8) is 0 Å². The molecule has 0 radical (unpaired) electrons. The van der Waals surface area contributed by atoms with Gasteiger partial charge in [0.15, 0.2) is 5.17 Å². The number of amidine groups is 1. The van der Waals surface area contributed by atoms with Crippen molar-refractivity contribution in [3.05, 3.63) is 69.1 Å². The van der Waals surface area contributed by atoms with Gasteiger partial charge in [0, 0.05) is 10.6 Å². The van der Waals surface area contributed by atoms with Gasteiger partial charge in [-0.25, -0.2) is 0 Å². The number of hydrogen-bond donors (Lipinski definition) is 2. The van der Waals surface area contributed by atoms with E-state index in [0.717, 1.165) is 22.9 Å². The number of carbonyl (C=O) groups is 1. The molecule has 0 unspecified atom stereocenters. The Morgan fingerprint density at radius 1 is 1.29 bits per heavy atom. The number of ether oxygens (including phenoxy) is 1. The maximum atomic E-state index is 11.8. The SMILES string of the molecule is Cc1ccccc1COc1ccc(Cl)cc1/C=C1\SC(=N)NC1=O. The summed E-state index contributed by atoms with van der Waals surface area (Å²) in [5.41, 5.74) is 2.97. The van der Waals surface area contributed by atoms with Gasteiger partial charge in [0.25, 0.3) is 5.91 Å². The summed E-state index contributed by atoms with van der Waals surface area (Å²) in [4.78, 5) is 12.2. The van der Waals surface area contributed by atoms with Crippen molar-refractivity contribution < 1.29 is 9.53 Å². The fourth-order valence-electron chi connectivity index (χ4n) is 2.27. The summed E-state index contributed by atoms with van der Waals surface area (Å²) >= 11 is 7.16. The Labute approximate surface area is 149 Å². The first-order chi connectivity index (χ1) is 11.5. The number of benzene rings is 2. The molecule has 2 aromatic carbocycles. The molecule has 24 heavy (non-hydrogen) atoms. The van der Waals surface area contributed by atoms with E-state index in [9.17, 15) is 4.79 Å². The lowest BCUT2D eigenvalue weighted by Crippen LogP contribution is -2.18. The molecule has 1 aliphatic rings. The number of amides is 1. The van der Waals surface area contributed by atoms with E-state index in [0.29, 0.717) is 27.8 Å². The van der Waals surface area contributed by atoms with Gasteiger partial charge in [-0.1, -0.05) is 35.9 Å². The second kappa shape index (κ2) is 7.11.